The highest BCUT2D eigenvalue weighted by Gasteiger charge is 2.37. The van der Waals surface area contributed by atoms with E-state index in [-0.39, 0.29) is 29.8 Å². The highest BCUT2D eigenvalue weighted by molar-refractivity contribution is 5.87. The summed E-state index contributed by atoms with van der Waals surface area (Å²) in [5.41, 5.74) is 11.5. The van der Waals surface area contributed by atoms with Crippen molar-refractivity contribution in [2.75, 3.05) is 27.3 Å². The summed E-state index contributed by atoms with van der Waals surface area (Å²) < 4.78 is 8.64. The van der Waals surface area contributed by atoms with Gasteiger partial charge >= 0.3 is 12.2 Å². The highest BCUT2D eigenvalue weighted by atomic mass is 16.5. The molecule has 4 amide bonds. The van der Waals surface area contributed by atoms with Crippen LogP contribution in [0.5, 0.6) is 0 Å². The zero-order chi connectivity index (χ0) is 41.5. The smallest absolute Gasteiger partial charge is 0.407 e. The molecule has 0 saturated carbocycles. The van der Waals surface area contributed by atoms with Gasteiger partial charge in [0, 0.05) is 43.0 Å². The van der Waals surface area contributed by atoms with Gasteiger partial charge in [0.25, 0.3) is 0 Å². The molecule has 5 N–H and O–H groups in total. The minimum atomic E-state index is -0.745. The molecule has 1 unspecified atom stereocenters. The molecule has 0 bridgehead atoms. The summed E-state index contributed by atoms with van der Waals surface area (Å²) in [6.45, 7) is 9.32. The van der Waals surface area contributed by atoms with Gasteiger partial charge in [0.2, 0.25) is 11.8 Å². The number of alkyl carbamates (subject to hydrolysis) is 1. The zero-order valence-electron chi connectivity index (χ0n) is 33.8. The molecule has 0 aliphatic carbocycles. The first-order chi connectivity index (χ1) is 27.9. The number of rotatable bonds is 10. The maximum atomic E-state index is 13.5. The molecule has 0 radical (unpaired) electrons. The minimum absolute atomic E-state index is 0.00420. The molecule has 3 atom stereocenters. The third-order valence-corrected chi connectivity index (χ3v) is 10.5. The van der Waals surface area contributed by atoms with Crippen molar-refractivity contribution in [3.05, 3.63) is 72.8 Å². The van der Waals surface area contributed by atoms with E-state index < -0.39 is 18.2 Å². The summed E-state index contributed by atoms with van der Waals surface area (Å²) in [6, 6.07) is 11.4. The van der Waals surface area contributed by atoms with Crippen molar-refractivity contribution >= 4 is 35.0 Å². The first kappa shape index (κ1) is 41.3. The Hall–Kier alpha value is -6.32. The number of hydrogen-bond acceptors (Lipinski definition) is 10. The summed E-state index contributed by atoms with van der Waals surface area (Å²) in [7, 11) is 2.51. The van der Waals surface area contributed by atoms with E-state index in [0.29, 0.717) is 24.7 Å². The average molecular weight is 793 g/mol. The number of imidazole rings is 2. The summed E-state index contributed by atoms with van der Waals surface area (Å²) in [5.74, 6) is 1.81. The number of nitrogens with zero attached hydrogens (tertiary/aromatic N) is 6. The third kappa shape index (κ3) is 9.44. The van der Waals surface area contributed by atoms with Crippen molar-refractivity contribution in [2.24, 2.45) is 17.6 Å². The number of carbonyl (C=O) groups excluding carboxylic acids is 4. The number of nitrogens with two attached hydrogens (primary N) is 1. The van der Waals surface area contributed by atoms with Crippen LogP contribution in [0.3, 0.4) is 0 Å². The number of carbonyl (C=O) groups is 4. The van der Waals surface area contributed by atoms with Crippen molar-refractivity contribution in [3.8, 4) is 33.6 Å². The van der Waals surface area contributed by atoms with Crippen LogP contribution in [0.2, 0.25) is 0 Å². The number of primary amides is 1. The van der Waals surface area contributed by atoms with E-state index in [9.17, 15) is 19.2 Å². The zero-order valence-corrected chi connectivity index (χ0v) is 33.8. The van der Waals surface area contributed by atoms with Gasteiger partial charge in [-0.3, -0.25) is 19.6 Å². The van der Waals surface area contributed by atoms with Crippen molar-refractivity contribution < 1.29 is 28.7 Å². The molecule has 0 spiro atoms. The second-order valence-electron chi connectivity index (χ2n) is 15.3. The molecule has 16 nitrogen and oxygen atoms in total. The molecule has 4 aromatic heterocycles. The van der Waals surface area contributed by atoms with Gasteiger partial charge in [-0.1, -0.05) is 52.0 Å². The van der Waals surface area contributed by atoms with Crippen LogP contribution in [0.15, 0.2) is 61.2 Å². The summed E-state index contributed by atoms with van der Waals surface area (Å²) >= 11 is 0. The predicted molar refractivity (Wildman–Crippen MR) is 218 cm³/mol. The number of aromatic nitrogens is 6. The number of amides is 4. The number of nitrogens with one attached hydrogen (secondary N) is 3. The van der Waals surface area contributed by atoms with Crippen molar-refractivity contribution in [1.29, 1.82) is 0 Å². The Morgan fingerprint density at radius 2 is 1.26 bits per heavy atom. The van der Waals surface area contributed by atoms with E-state index in [1.54, 1.807) is 17.3 Å². The Bertz CT molecular complexity index is 2230. The molecular weight excluding hydrogens is 741 g/mol. The first-order valence-electron chi connectivity index (χ1n) is 19.6. The largest absolute Gasteiger partial charge is 0.453 e. The van der Waals surface area contributed by atoms with Gasteiger partial charge in [0.15, 0.2) is 0 Å². The van der Waals surface area contributed by atoms with Crippen LogP contribution >= 0.6 is 0 Å². The number of hydrogen-bond donors (Lipinski definition) is 4. The number of pyridine rings is 2. The number of H-pyrrole nitrogens is 2. The Kier molecular flexibility index (Phi) is 13.0. The molecular formula is C42H52N10O6. The fraction of sp³-hybridized carbons (Fsp3) is 0.429. The average Bonchev–Trinajstić information content (AvgIpc) is 4.06. The maximum Gasteiger partial charge on any atom is 0.407 e. The van der Waals surface area contributed by atoms with Crippen LogP contribution < -0.4 is 11.1 Å². The Balaban J connectivity index is 0.00000107. The molecule has 2 aliphatic rings. The molecule has 16 heteroatoms. The van der Waals surface area contributed by atoms with Gasteiger partial charge in [0.1, 0.15) is 17.7 Å². The fourth-order valence-corrected chi connectivity index (χ4v) is 7.46. The van der Waals surface area contributed by atoms with Gasteiger partial charge in [-0.25, -0.2) is 19.6 Å². The summed E-state index contributed by atoms with van der Waals surface area (Å²) in [4.78, 5) is 77.2. The highest BCUT2D eigenvalue weighted by Crippen LogP contribution is 2.35. The van der Waals surface area contributed by atoms with Gasteiger partial charge in [-0.2, -0.15) is 0 Å². The van der Waals surface area contributed by atoms with E-state index in [4.69, 9.17) is 14.7 Å². The van der Waals surface area contributed by atoms with Crippen LogP contribution in [0, 0.1) is 11.8 Å². The lowest BCUT2D eigenvalue weighted by Gasteiger charge is -2.30. The molecule has 1 aromatic carbocycles. The molecule has 58 heavy (non-hydrogen) atoms. The van der Waals surface area contributed by atoms with Gasteiger partial charge in [0.05, 0.1) is 61.1 Å². The van der Waals surface area contributed by atoms with Crippen molar-refractivity contribution in [1.82, 2.24) is 45.0 Å². The second-order valence-corrected chi connectivity index (χ2v) is 15.3. The Labute approximate surface area is 337 Å². The first-order valence-corrected chi connectivity index (χ1v) is 19.6. The quantitative estimate of drug-likeness (QED) is 0.120. The number of aromatic amines is 2. The van der Waals surface area contributed by atoms with Crippen molar-refractivity contribution in [2.45, 2.75) is 77.9 Å². The number of ether oxygens (including phenoxy) is 2. The molecule has 306 valence electrons. The van der Waals surface area contributed by atoms with Crippen LogP contribution in [0.25, 0.3) is 44.7 Å². The van der Waals surface area contributed by atoms with E-state index >= 15 is 0 Å². The van der Waals surface area contributed by atoms with Crippen LogP contribution in [0.1, 0.15) is 83.5 Å². The monoisotopic (exact) mass is 792 g/mol. The Morgan fingerprint density at radius 3 is 1.81 bits per heavy atom. The van der Waals surface area contributed by atoms with Crippen LogP contribution in [-0.2, 0) is 19.1 Å². The molecule has 5 aromatic rings. The van der Waals surface area contributed by atoms with Crippen LogP contribution in [-0.4, -0.2) is 97.1 Å². The van der Waals surface area contributed by atoms with Crippen molar-refractivity contribution in [3.63, 3.8) is 0 Å². The molecule has 2 fully saturated rings. The van der Waals surface area contributed by atoms with Crippen LogP contribution in [0.4, 0.5) is 9.59 Å². The Morgan fingerprint density at radius 1 is 0.741 bits per heavy atom. The van der Waals surface area contributed by atoms with E-state index in [1.165, 1.54) is 14.2 Å². The van der Waals surface area contributed by atoms with E-state index in [0.717, 1.165) is 82.7 Å². The van der Waals surface area contributed by atoms with Gasteiger partial charge in [-0.15, -0.1) is 0 Å². The maximum absolute atomic E-state index is 13.5. The fourth-order valence-electron chi connectivity index (χ4n) is 7.46. The lowest BCUT2D eigenvalue weighted by atomic mass is 10.0. The SMILES string of the molecule is COC(=O)NC(C(=O)N1CCC[C@H]1c1ncc(-c2cnc3cc(-c4ccc(-c5cnc([C@@H]6CCCN6C(=O)CC(C)C)[nH]5)cc4)cnc3c2)[nH]1)C(C)C.COC(N)=O. The normalized spacial score (nSPS) is 17.0. The number of benzene rings is 1. The molecule has 6 heterocycles. The minimum Gasteiger partial charge on any atom is -0.453 e. The van der Waals surface area contributed by atoms with Gasteiger partial charge in [-0.05, 0) is 60.8 Å². The van der Waals surface area contributed by atoms with E-state index in [1.807, 2.05) is 43.3 Å². The molecule has 2 saturated heterocycles. The second kappa shape index (κ2) is 18.3. The molecule has 2 aliphatic heterocycles. The topological polar surface area (TPSA) is 214 Å². The summed E-state index contributed by atoms with van der Waals surface area (Å²) in [5, 5.41) is 2.69. The standard InChI is InChI=1S/C40H47N9O4.C2H5NO2/c1-23(2)16-35(50)48-14-6-8-33(48)37-43-21-31(45-37)26-12-10-25(11-13-26)27-17-29-30(41-19-27)18-28(20-42-29)32-22-44-38(46-32)34-9-7-15-49(34)39(51)36(24(3)4)47-40(52)53-5;1-5-2(3)4/h10-13,17-24,33-34,36H,6-9,14-16H2,1-5H3,(H,43,45)(H,44,46)(H,47,52);1H3,(H2,3,4)/t33-,34-,36?;/m0./s1. The van der Waals surface area contributed by atoms with Gasteiger partial charge < -0.3 is 40.3 Å². The number of fused-ring (bicyclic) bond motifs is 1. The van der Waals surface area contributed by atoms with E-state index in [2.05, 4.69) is 73.8 Å². The number of methoxy groups -OCH3 is 2. The lowest BCUT2D eigenvalue weighted by molar-refractivity contribution is -0.135. The molecule has 7 rings (SSSR count). The summed E-state index contributed by atoms with van der Waals surface area (Å²) in [6.07, 6.45) is 9.98. The predicted octanol–water partition coefficient (Wildman–Crippen LogP) is 6.54. The third-order valence-electron chi connectivity index (χ3n) is 10.5. The number of likely N-dealkylation sites (tertiary alicyclic amines) is 2. The lowest BCUT2D eigenvalue weighted by Crippen LogP contribution is -2.51.